The fourth-order valence-corrected chi connectivity index (χ4v) is 3.72. The molecule has 1 aromatic rings. The molecule has 1 heterocycles. The lowest BCUT2D eigenvalue weighted by Crippen LogP contribution is -2.15. The normalized spacial score (nSPS) is 18.9. The van der Waals surface area contributed by atoms with E-state index in [-0.39, 0.29) is 0 Å². The van der Waals surface area contributed by atoms with E-state index in [0.717, 1.165) is 5.75 Å². The lowest BCUT2D eigenvalue weighted by Gasteiger charge is -2.20. The van der Waals surface area contributed by atoms with Gasteiger partial charge in [-0.1, -0.05) is 24.4 Å². The summed E-state index contributed by atoms with van der Waals surface area (Å²) in [6.45, 7) is 0.332. The SMILES string of the molecule is COCc1noc(CS(=O)CC2CCCCC2)n1. The van der Waals surface area contributed by atoms with Crippen LogP contribution in [0.3, 0.4) is 0 Å². The maximum Gasteiger partial charge on any atom is 0.239 e. The summed E-state index contributed by atoms with van der Waals surface area (Å²) >= 11 is 0. The van der Waals surface area contributed by atoms with E-state index in [4.69, 9.17) is 9.26 Å². The summed E-state index contributed by atoms with van der Waals surface area (Å²) in [7, 11) is 0.684. The minimum absolute atomic E-state index is 0.332. The molecule has 1 unspecified atom stereocenters. The summed E-state index contributed by atoms with van der Waals surface area (Å²) in [6.07, 6.45) is 6.31. The van der Waals surface area contributed by atoms with Crippen molar-refractivity contribution in [2.75, 3.05) is 12.9 Å². The van der Waals surface area contributed by atoms with Crippen molar-refractivity contribution in [3.63, 3.8) is 0 Å². The summed E-state index contributed by atoms with van der Waals surface area (Å²) < 4.78 is 21.9. The molecule has 1 atom stereocenters. The maximum atomic E-state index is 12.0. The van der Waals surface area contributed by atoms with Crippen molar-refractivity contribution in [1.29, 1.82) is 0 Å². The first-order chi connectivity index (χ1) is 8.78. The Morgan fingerprint density at radius 3 is 2.89 bits per heavy atom. The van der Waals surface area contributed by atoms with Crippen LogP contribution in [0.15, 0.2) is 4.52 Å². The molecule has 0 N–H and O–H groups in total. The van der Waals surface area contributed by atoms with Gasteiger partial charge in [0.15, 0.2) is 5.82 Å². The first-order valence-electron chi connectivity index (χ1n) is 6.43. The number of aromatic nitrogens is 2. The highest BCUT2D eigenvalue weighted by molar-refractivity contribution is 7.84. The Balaban J connectivity index is 1.78. The van der Waals surface area contributed by atoms with Crippen LogP contribution >= 0.6 is 0 Å². The van der Waals surface area contributed by atoms with Gasteiger partial charge in [-0.15, -0.1) is 0 Å². The average molecular weight is 272 g/mol. The standard InChI is InChI=1S/C12H20N2O3S/c1-16-7-11-13-12(17-14-11)9-18(15)8-10-5-3-2-4-6-10/h10H,2-9H2,1H3. The zero-order chi connectivity index (χ0) is 12.8. The van der Waals surface area contributed by atoms with Crippen molar-refractivity contribution < 1.29 is 13.5 Å². The largest absolute Gasteiger partial charge is 0.377 e. The van der Waals surface area contributed by atoms with Crippen molar-refractivity contribution in [3.8, 4) is 0 Å². The van der Waals surface area contributed by atoms with Gasteiger partial charge in [-0.2, -0.15) is 4.98 Å². The topological polar surface area (TPSA) is 65.2 Å². The molecule has 0 amide bonds. The summed E-state index contributed by atoms with van der Waals surface area (Å²) in [6, 6.07) is 0. The van der Waals surface area contributed by atoms with E-state index < -0.39 is 10.8 Å². The lowest BCUT2D eigenvalue weighted by molar-refractivity contribution is 0.174. The van der Waals surface area contributed by atoms with E-state index in [1.54, 1.807) is 7.11 Å². The molecular formula is C12H20N2O3S. The van der Waals surface area contributed by atoms with E-state index in [9.17, 15) is 4.21 Å². The van der Waals surface area contributed by atoms with Crippen molar-refractivity contribution in [2.24, 2.45) is 5.92 Å². The summed E-state index contributed by atoms with van der Waals surface area (Å²) in [5.74, 6) is 2.72. The van der Waals surface area contributed by atoms with Gasteiger partial charge in [-0.25, -0.2) is 0 Å². The zero-order valence-electron chi connectivity index (χ0n) is 10.8. The molecule has 1 aromatic heterocycles. The van der Waals surface area contributed by atoms with E-state index in [0.29, 0.717) is 30.0 Å². The number of methoxy groups -OCH3 is 1. The van der Waals surface area contributed by atoms with E-state index >= 15 is 0 Å². The summed E-state index contributed by atoms with van der Waals surface area (Å²) in [5.41, 5.74) is 0. The monoisotopic (exact) mass is 272 g/mol. The highest BCUT2D eigenvalue weighted by atomic mass is 32.2. The molecule has 6 heteroatoms. The van der Waals surface area contributed by atoms with Crippen molar-refractivity contribution in [1.82, 2.24) is 10.1 Å². The quantitative estimate of drug-likeness (QED) is 0.793. The number of hydrogen-bond donors (Lipinski definition) is 0. The van der Waals surface area contributed by atoms with Gasteiger partial charge in [-0.05, 0) is 18.8 Å². The van der Waals surface area contributed by atoms with Crippen LogP contribution in [0.1, 0.15) is 43.8 Å². The molecule has 1 fully saturated rings. The highest BCUT2D eigenvalue weighted by Crippen LogP contribution is 2.24. The van der Waals surface area contributed by atoms with Crippen LogP contribution < -0.4 is 0 Å². The molecule has 1 aliphatic rings. The summed E-state index contributed by atoms with van der Waals surface area (Å²) in [4.78, 5) is 4.14. The lowest BCUT2D eigenvalue weighted by atomic mass is 9.91. The number of nitrogens with zero attached hydrogens (tertiary/aromatic N) is 2. The van der Waals surface area contributed by atoms with Gasteiger partial charge < -0.3 is 9.26 Å². The van der Waals surface area contributed by atoms with Crippen molar-refractivity contribution >= 4 is 10.8 Å². The predicted octanol–water partition coefficient (Wildman–Crippen LogP) is 2.04. The first kappa shape index (κ1) is 13.7. The Labute approximate surface area is 110 Å². The van der Waals surface area contributed by atoms with Crippen LogP contribution in [0.25, 0.3) is 0 Å². The maximum absolute atomic E-state index is 12.0. The second-order valence-electron chi connectivity index (χ2n) is 4.79. The molecule has 0 spiro atoms. The van der Waals surface area contributed by atoms with Crippen molar-refractivity contribution in [3.05, 3.63) is 11.7 Å². The van der Waals surface area contributed by atoms with E-state index in [1.165, 1.54) is 32.1 Å². The minimum atomic E-state index is -0.896. The van der Waals surface area contributed by atoms with Gasteiger partial charge in [0.2, 0.25) is 5.89 Å². The number of rotatable bonds is 6. The molecule has 18 heavy (non-hydrogen) atoms. The third-order valence-corrected chi connectivity index (χ3v) is 4.63. The molecule has 0 aromatic carbocycles. The van der Waals surface area contributed by atoms with Crippen LogP contribution in [-0.2, 0) is 27.9 Å². The van der Waals surface area contributed by atoms with Crippen LogP contribution in [0.5, 0.6) is 0 Å². The molecule has 102 valence electrons. The third-order valence-electron chi connectivity index (χ3n) is 3.21. The Morgan fingerprint density at radius 1 is 1.39 bits per heavy atom. The third kappa shape index (κ3) is 4.17. The highest BCUT2D eigenvalue weighted by Gasteiger charge is 2.18. The smallest absolute Gasteiger partial charge is 0.239 e. The Morgan fingerprint density at radius 2 is 2.17 bits per heavy atom. The van der Waals surface area contributed by atoms with Crippen LogP contribution in [0, 0.1) is 5.92 Å². The Kier molecular flexibility index (Phi) is 5.31. The zero-order valence-corrected chi connectivity index (χ0v) is 11.6. The van der Waals surface area contributed by atoms with Gasteiger partial charge in [-0.3, -0.25) is 4.21 Å². The molecule has 5 nitrogen and oxygen atoms in total. The Hall–Kier alpha value is -0.750. The average Bonchev–Trinajstić information content (AvgIpc) is 2.78. The van der Waals surface area contributed by atoms with Gasteiger partial charge in [0.05, 0.1) is 0 Å². The second kappa shape index (κ2) is 6.99. The number of hydrogen-bond acceptors (Lipinski definition) is 5. The molecule has 0 saturated heterocycles. The Bertz CT molecular complexity index is 388. The van der Waals surface area contributed by atoms with Crippen molar-refractivity contribution in [2.45, 2.75) is 44.5 Å². The minimum Gasteiger partial charge on any atom is -0.377 e. The van der Waals surface area contributed by atoms with Gasteiger partial charge in [0.1, 0.15) is 12.4 Å². The fraction of sp³-hybridized carbons (Fsp3) is 0.833. The molecule has 0 aliphatic heterocycles. The van der Waals surface area contributed by atoms with Gasteiger partial charge in [0.25, 0.3) is 0 Å². The molecular weight excluding hydrogens is 252 g/mol. The molecule has 1 aliphatic carbocycles. The molecule has 1 saturated carbocycles. The fourth-order valence-electron chi connectivity index (χ4n) is 2.35. The van der Waals surface area contributed by atoms with Gasteiger partial charge in [0, 0.05) is 23.7 Å². The molecule has 2 rings (SSSR count). The second-order valence-corrected chi connectivity index (χ2v) is 6.29. The summed E-state index contributed by atoms with van der Waals surface area (Å²) in [5, 5.41) is 3.76. The molecule has 0 bridgehead atoms. The van der Waals surface area contributed by atoms with Crippen LogP contribution in [0.4, 0.5) is 0 Å². The van der Waals surface area contributed by atoms with E-state index in [1.807, 2.05) is 0 Å². The number of ether oxygens (including phenoxy) is 1. The van der Waals surface area contributed by atoms with Crippen LogP contribution in [-0.4, -0.2) is 27.2 Å². The molecule has 0 radical (unpaired) electrons. The van der Waals surface area contributed by atoms with E-state index in [2.05, 4.69) is 10.1 Å². The van der Waals surface area contributed by atoms with Crippen LogP contribution in [0.2, 0.25) is 0 Å². The predicted molar refractivity (Wildman–Crippen MR) is 68.3 cm³/mol. The van der Waals surface area contributed by atoms with Gasteiger partial charge >= 0.3 is 0 Å². The first-order valence-corrected chi connectivity index (χ1v) is 7.92.